The number of aliphatic imine (C=N–C) groups is 1. The molecule has 0 N–H and O–H groups in total. The quantitative estimate of drug-likeness (QED) is 0.0638. The maximum Gasteiger partial charge on any atom is 0.235 e. The summed E-state index contributed by atoms with van der Waals surface area (Å²) in [6.07, 6.45) is 1.63. The Balaban J connectivity index is 0.000000796. The average Bonchev–Trinajstić information content (AvgIpc) is 3.87. The molecule has 0 bridgehead atoms. The molecule has 0 atom stereocenters. The van der Waals surface area contributed by atoms with E-state index >= 15 is 0 Å². The van der Waals surface area contributed by atoms with Crippen LogP contribution in [0, 0.1) is 0 Å². The number of hydrogen-bond acceptors (Lipinski definition) is 5. The summed E-state index contributed by atoms with van der Waals surface area (Å²) in [5, 5.41) is 0. The molecule has 0 heterocycles. The molecule has 6 aromatic carbocycles. The zero-order valence-corrected chi connectivity index (χ0v) is 26.7. The molecule has 0 amide bonds. The summed E-state index contributed by atoms with van der Waals surface area (Å²) in [5.41, 5.74) is -1.01. The first-order valence-corrected chi connectivity index (χ1v) is 12.9. The molecule has 0 spiro atoms. The summed E-state index contributed by atoms with van der Waals surface area (Å²) in [4.78, 5) is 15.0. The first-order valence-electron chi connectivity index (χ1n) is 12.9. The Morgan fingerprint density at radius 2 is 0.791 bits per heavy atom. The molecular weight excluding hydrogens is 666 g/mol. The SMILES string of the molecule is O=C=NC(CO[c-]1cccc1)(CO[c-]1cccc1)CO[c-]1cccc1.[Fe].[Fe].[Fe].[cH-]1[cH-][cH-][cH-][cH-]1.c1cc[cH-]c1.c1cc[cH-]c1. The van der Waals surface area contributed by atoms with Crippen LogP contribution >= 0.6 is 0 Å². The Bertz CT molecular complexity index is 1130. The van der Waals surface area contributed by atoms with Gasteiger partial charge in [0.25, 0.3) is 0 Å². The van der Waals surface area contributed by atoms with Crippen LogP contribution in [0.15, 0.2) is 169 Å². The van der Waals surface area contributed by atoms with E-state index in [1.165, 1.54) is 0 Å². The molecular formula is C35H33Fe3NO4-10. The third-order valence-electron chi connectivity index (χ3n) is 5.37. The second-order valence-electron chi connectivity index (χ2n) is 8.54. The van der Waals surface area contributed by atoms with E-state index in [-0.39, 0.29) is 71.0 Å². The molecule has 6 aromatic rings. The van der Waals surface area contributed by atoms with Gasteiger partial charge in [0, 0.05) is 68.5 Å². The topological polar surface area (TPSA) is 57.1 Å². The fourth-order valence-electron chi connectivity index (χ4n) is 3.29. The van der Waals surface area contributed by atoms with Gasteiger partial charge in [-0.3, -0.25) is 0 Å². The molecule has 236 valence electrons. The van der Waals surface area contributed by atoms with E-state index in [1.807, 2.05) is 164 Å². The van der Waals surface area contributed by atoms with Gasteiger partial charge in [-0.15, -0.1) is 36.4 Å². The predicted molar refractivity (Wildman–Crippen MR) is 160 cm³/mol. The Hall–Kier alpha value is -3.56. The van der Waals surface area contributed by atoms with Crippen molar-refractivity contribution in [1.29, 1.82) is 0 Å². The standard InChI is InChI=1S/C20H18NO4.3C5H5.3Fe/c22-16-21-20(13-23-17-7-1-2-8-17,14-24-18-9-3-4-10-18)15-25-19-11-5-6-12-19;3*1-2-4-5-3-1;;;/h1-12H,13-15H2;3*1-5H;;;/q-3;-5;2*-1;;;. The summed E-state index contributed by atoms with van der Waals surface area (Å²) in [7, 11) is 0. The first-order chi connectivity index (χ1) is 19.8. The Morgan fingerprint density at radius 1 is 0.512 bits per heavy atom. The maximum atomic E-state index is 11.0. The third-order valence-corrected chi connectivity index (χ3v) is 5.37. The van der Waals surface area contributed by atoms with Crippen molar-refractivity contribution >= 4 is 6.08 Å². The minimum atomic E-state index is -1.01. The van der Waals surface area contributed by atoms with Gasteiger partial charge in [0.05, 0.1) is 0 Å². The Kier molecular flexibility index (Phi) is 22.9. The summed E-state index contributed by atoms with van der Waals surface area (Å²) >= 11 is 0. The van der Waals surface area contributed by atoms with Gasteiger partial charge in [0.15, 0.2) is 5.54 Å². The van der Waals surface area contributed by atoms with Crippen LogP contribution in [0.2, 0.25) is 0 Å². The number of nitrogens with zero attached hydrogens (tertiary/aromatic N) is 1. The largest absolute Gasteiger partial charge is 0.748 e. The van der Waals surface area contributed by atoms with Crippen LogP contribution in [0.1, 0.15) is 0 Å². The smallest absolute Gasteiger partial charge is 0.235 e. The Labute approximate surface area is 286 Å². The average molecular weight is 699 g/mol. The van der Waals surface area contributed by atoms with Gasteiger partial charge in [0.1, 0.15) is 19.8 Å². The van der Waals surface area contributed by atoms with Crippen molar-refractivity contribution in [2.75, 3.05) is 19.8 Å². The molecule has 0 saturated carbocycles. The van der Waals surface area contributed by atoms with Crippen molar-refractivity contribution in [2.45, 2.75) is 5.54 Å². The van der Waals surface area contributed by atoms with Crippen LogP contribution in [-0.2, 0) is 56.0 Å². The molecule has 0 saturated heterocycles. The van der Waals surface area contributed by atoms with E-state index in [0.29, 0.717) is 17.2 Å². The fraction of sp³-hybridized carbons (Fsp3) is 0.114. The zero-order chi connectivity index (χ0) is 28.0. The number of isocyanates is 1. The van der Waals surface area contributed by atoms with E-state index in [2.05, 4.69) is 4.99 Å². The minimum absolute atomic E-state index is 0. The Morgan fingerprint density at radius 3 is 1.00 bits per heavy atom. The molecule has 0 aromatic heterocycles. The van der Waals surface area contributed by atoms with Gasteiger partial charge in [-0.25, -0.2) is 65.5 Å². The molecule has 0 radical (unpaired) electrons. The summed E-state index contributed by atoms with van der Waals surface area (Å²) in [6.45, 7) is 0.398. The second-order valence-corrected chi connectivity index (χ2v) is 8.54. The summed E-state index contributed by atoms with van der Waals surface area (Å²) in [6, 6.07) is 52.3. The van der Waals surface area contributed by atoms with Crippen LogP contribution in [-0.4, -0.2) is 31.4 Å². The van der Waals surface area contributed by atoms with Gasteiger partial charge >= 0.3 is 0 Å². The van der Waals surface area contributed by atoms with E-state index in [0.717, 1.165) is 0 Å². The van der Waals surface area contributed by atoms with Crippen molar-refractivity contribution < 1.29 is 70.2 Å². The molecule has 0 aliphatic carbocycles. The van der Waals surface area contributed by atoms with Gasteiger partial charge in [-0.2, -0.15) is 41.4 Å². The third kappa shape index (κ3) is 17.2. The van der Waals surface area contributed by atoms with E-state index in [4.69, 9.17) is 14.2 Å². The van der Waals surface area contributed by atoms with Gasteiger partial charge < -0.3 is 44.5 Å². The van der Waals surface area contributed by atoms with E-state index < -0.39 is 5.54 Å². The van der Waals surface area contributed by atoms with Crippen LogP contribution < -0.4 is 14.2 Å². The van der Waals surface area contributed by atoms with Crippen LogP contribution in [0.3, 0.4) is 0 Å². The van der Waals surface area contributed by atoms with Crippen molar-refractivity contribution in [3.05, 3.63) is 164 Å². The molecule has 8 heteroatoms. The van der Waals surface area contributed by atoms with Crippen LogP contribution in [0.25, 0.3) is 0 Å². The van der Waals surface area contributed by atoms with Crippen LogP contribution in [0.4, 0.5) is 0 Å². The van der Waals surface area contributed by atoms with Gasteiger partial charge in [0.2, 0.25) is 6.08 Å². The first kappa shape index (κ1) is 39.4. The minimum Gasteiger partial charge on any atom is -0.748 e. The molecule has 0 fully saturated rings. The molecule has 0 aliphatic heterocycles. The zero-order valence-electron chi connectivity index (χ0n) is 23.4. The van der Waals surface area contributed by atoms with Gasteiger partial charge in [-0.05, 0) is 0 Å². The number of hydrogen-bond donors (Lipinski definition) is 0. The molecule has 0 aliphatic rings. The number of ether oxygens (including phenoxy) is 3. The van der Waals surface area contributed by atoms with Crippen molar-refractivity contribution in [3.8, 4) is 17.2 Å². The molecule has 5 nitrogen and oxygen atoms in total. The monoisotopic (exact) mass is 699 g/mol. The summed E-state index contributed by atoms with van der Waals surface area (Å²) in [5.74, 6) is 2.10. The van der Waals surface area contributed by atoms with Crippen LogP contribution in [0.5, 0.6) is 17.2 Å². The second kappa shape index (κ2) is 25.0. The maximum absolute atomic E-state index is 11.0. The normalized spacial score (nSPS) is 9.12. The molecule has 0 unspecified atom stereocenters. The summed E-state index contributed by atoms with van der Waals surface area (Å²) < 4.78 is 17.3. The van der Waals surface area contributed by atoms with Gasteiger partial charge in [-0.1, -0.05) is 0 Å². The predicted octanol–water partition coefficient (Wildman–Crippen LogP) is 7.66. The van der Waals surface area contributed by atoms with E-state index in [1.54, 1.807) is 6.08 Å². The van der Waals surface area contributed by atoms with Crippen molar-refractivity contribution in [2.24, 2.45) is 4.99 Å². The van der Waals surface area contributed by atoms with Crippen molar-refractivity contribution in [1.82, 2.24) is 0 Å². The van der Waals surface area contributed by atoms with E-state index in [9.17, 15) is 4.79 Å². The number of rotatable bonds is 10. The molecule has 6 rings (SSSR count). The molecule has 43 heavy (non-hydrogen) atoms. The fourth-order valence-corrected chi connectivity index (χ4v) is 3.29. The number of carbonyl (C=O) groups excluding carboxylic acids is 1. The van der Waals surface area contributed by atoms with Crippen molar-refractivity contribution in [3.63, 3.8) is 0 Å².